The molecule has 1 fully saturated rings. The van der Waals surface area contributed by atoms with Crippen molar-refractivity contribution in [3.8, 4) is 5.75 Å². The fourth-order valence-corrected chi connectivity index (χ4v) is 2.96. The lowest BCUT2D eigenvalue weighted by Gasteiger charge is -2.25. The third-order valence-corrected chi connectivity index (χ3v) is 4.20. The average Bonchev–Trinajstić information content (AvgIpc) is 2.46. The maximum Gasteiger partial charge on any atom is 0.325 e. The minimum absolute atomic E-state index is 0.300. The van der Waals surface area contributed by atoms with Crippen molar-refractivity contribution >= 4 is 5.97 Å². The molecule has 1 aliphatic carbocycles. The quantitative estimate of drug-likeness (QED) is 0.871. The number of ether oxygens (including phenoxy) is 1. The lowest BCUT2D eigenvalue weighted by atomic mass is 9.95. The summed E-state index contributed by atoms with van der Waals surface area (Å²) in [6, 6.07) is 6.94. The van der Waals surface area contributed by atoms with E-state index in [2.05, 4.69) is 5.32 Å². The highest BCUT2D eigenvalue weighted by Gasteiger charge is 2.23. The van der Waals surface area contributed by atoms with Crippen molar-refractivity contribution < 1.29 is 14.6 Å². The number of methoxy groups -OCH3 is 1. The van der Waals surface area contributed by atoms with Crippen LogP contribution in [0.2, 0.25) is 0 Å². The molecule has 0 radical (unpaired) electrons. The Morgan fingerprint density at radius 2 is 1.71 bits per heavy atom. The van der Waals surface area contributed by atoms with E-state index in [0.717, 1.165) is 24.2 Å². The molecule has 0 spiro atoms. The molecule has 0 amide bonds. The number of carboxylic acid groups (broad SMARTS) is 1. The van der Waals surface area contributed by atoms with E-state index in [1.165, 1.54) is 32.1 Å². The number of carboxylic acids is 1. The Hall–Kier alpha value is -1.55. The Labute approximate surface area is 126 Å². The van der Waals surface area contributed by atoms with E-state index in [4.69, 9.17) is 4.74 Å². The summed E-state index contributed by atoms with van der Waals surface area (Å²) in [4.78, 5) is 11.6. The molecule has 1 aliphatic rings. The maximum atomic E-state index is 11.6. The molecule has 0 saturated heterocycles. The molecule has 1 unspecified atom stereocenters. The summed E-state index contributed by atoms with van der Waals surface area (Å²) in [7, 11) is 1.61. The van der Waals surface area contributed by atoms with Crippen LogP contribution >= 0.6 is 0 Å². The van der Waals surface area contributed by atoms with Gasteiger partial charge in [0.1, 0.15) is 11.8 Å². The van der Waals surface area contributed by atoms with Gasteiger partial charge in [-0.3, -0.25) is 10.1 Å². The van der Waals surface area contributed by atoms with Gasteiger partial charge in [-0.25, -0.2) is 0 Å². The van der Waals surface area contributed by atoms with Crippen LogP contribution in [0.15, 0.2) is 24.3 Å². The Morgan fingerprint density at radius 1 is 1.14 bits per heavy atom. The molecule has 4 heteroatoms. The third kappa shape index (κ3) is 4.74. The summed E-state index contributed by atoms with van der Waals surface area (Å²) in [6.45, 7) is 0. The van der Waals surface area contributed by atoms with Crippen LogP contribution in [0.5, 0.6) is 5.75 Å². The summed E-state index contributed by atoms with van der Waals surface area (Å²) < 4.78 is 5.12. The highest BCUT2D eigenvalue weighted by molar-refractivity contribution is 5.75. The predicted molar refractivity (Wildman–Crippen MR) is 82.6 cm³/mol. The second-order valence-electron chi connectivity index (χ2n) is 5.75. The zero-order chi connectivity index (χ0) is 15.1. The van der Waals surface area contributed by atoms with Gasteiger partial charge in [-0.15, -0.1) is 0 Å². The van der Waals surface area contributed by atoms with Crippen molar-refractivity contribution in [2.75, 3.05) is 7.11 Å². The van der Waals surface area contributed by atoms with Crippen LogP contribution in [0.4, 0.5) is 0 Å². The lowest BCUT2D eigenvalue weighted by molar-refractivity contribution is -0.140. The Kier molecular flexibility index (Phi) is 6.05. The molecule has 1 saturated carbocycles. The largest absolute Gasteiger partial charge is 0.497 e. The number of hydrogen-bond acceptors (Lipinski definition) is 3. The van der Waals surface area contributed by atoms with Crippen LogP contribution in [0.1, 0.15) is 56.6 Å². The van der Waals surface area contributed by atoms with Gasteiger partial charge in [0.25, 0.3) is 0 Å². The molecule has 1 aromatic carbocycles. The minimum atomic E-state index is -0.817. The van der Waals surface area contributed by atoms with Gasteiger partial charge in [0, 0.05) is 6.04 Å². The van der Waals surface area contributed by atoms with E-state index in [1.807, 2.05) is 24.3 Å². The van der Waals surface area contributed by atoms with Gasteiger partial charge in [0.15, 0.2) is 0 Å². The van der Waals surface area contributed by atoms with E-state index in [9.17, 15) is 9.90 Å². The van der Waals surface area contributed by atoms with Gasteiger partial charge in [-0.2, -0.15) is 0 Å². The maximum absolute atomic E-state index is 11.6. The second kappa shape index (κ2) is 8.03. The summed E-state index contributed by atoms with van der Waals surface area (Å²) in [5, 5.41) is 12.9. The molecule has 21 heavy (non-hydrogen) atoms. The number of rotatable bonds is 5. The molecule has 2 rings (SSSR count). The number of aliphatic carboxylic acids is 1. The van der Waals surface area contributed by atoms with E-state index in [0.29, 0.717) is 6.04 Å². The van der Waals surface area contributed by atoms with Crippen molar-refractivity contribution in [1.29, 1.82) is 0 Å². The van der Waals surface area contributed by atoms with Gasteiger partial charge < -0.3 is 9.84 Å². The van der Waals surface area contributed by atoms with E-state index in [-0.39, 0.29) is 0 Å². The van der Waals surface area contributed by atoms with Gasteiger partial charge in [0.05, 0.1) is 7.11 Å². The molecule has 2 N–H and O–H groups in total. The van der Waals surface area contributed by atoms with Crippen LogP contribution in [0.3, 0.4) is 0 Å². The summed E-state index contributed by atoms with van der Waals surface area (Å²) in [5.74, 6) is -0.0731. The molecule has 0 aliphatic heterocycles. The van der Waals surface area contributed by atoms with Crippen molar-refractivity contribution in [2.24, 2.45) is 0 Å². The standard InChI is InChI=1S/C17H25NO3/c1-21-15-11-9-13(10-12-15)16(17(19)20)18-14-7-5-3-2-4-6-8-14/h9-12,14,16,18H,2-8H2,1H3,(H,19,20). The summed E-state index contributed by atoms with van der Waals surface area (Å²) >= 11 is 0. The Bertz CT molecular complexity index is 436. The number of nitrogens with one attached hydrogen (secondary N) is 1. The topological polar surface area (TPSA) is 58.6 Å². The fraction of sp³-hybridized carbons (Fsp3) is 0.588. The molecular weight excluding hydrogens is 266 g/mol. The third-order valence-electron chi connectivity index (χ3n) is 4.20. The van der Waals surface area contributed by atoms with Gasteiger partial charge in [-0.05, 0) is 30.5 Å². The van der Waals surface area contributed by atoms with E-state index < -0.39 is 12.0 Å². The SMILES string of the molecule is COc1ccc(C(NC2CCCCCCC2)C(=O)O)cc1. The fourth-order valence-electron chi connectivity index (χ4n) is 2.96. The Morgan fingerprint density at radius 3 is 2.24 bits per heavy atom. The zero-order valence-corrected chi connectivity index (χ0v) is 12.7. The monoisotopic (exact) mass is 291 g/mol. The second-order valence-corrected chi connectivity index (χ2v) is 5.75. The van der Waals surface area contributed by atoms with Crippen molar-refractivity contribution in [1.82, 2.24) is 5.32 Å². The van der Waals surface area contributed by atoms with Crippen LogP contribution in [0, 0.1) is 0 Å². The highest BCUT2D eigenvalue weighted by atomic mass is 16.5. The number of carbonyl (C=O) groups is 1. The zero-order valence-electron chi connectivity index (χ0n) is 12.7. The minimum Gasteiger partial charge on any atom is -0.497 e. The first-order valence-electron chi connectivity index (χ1n) is 7.83. The first kappa shape index (κ1) is 15.8. The van der Waals surface area contributed by atoms with E-state index in [1.54, 1.807) is 7.11 Å². The highest BCUT2D eigenvalue weighted by Crippen LogP contribution is 2.22. The van der Waals surface area contributed by atoms with Gasteiger partial charge in [-0.1, -0.05) is 44.2 Å². The number of benzene rings is 1. The van der Waals surface area contributed by atoms with Crippen molar-refractivity contribution in [2.45, 2.75) is 57.0 Å². The number of hydrogen-bond donors (Lipinski definition) is 2. The molecule has 0 heterocycles. The van der Waals surface area contributed by atoms with Crippen LogP contribution in [-0.2, 0) is 4.79 Å². The van der Waals surface area contributed by atoms with Gasteiger partial charge >= 0.3 is 5.97 Å². The Balaban J connectivity index is 2.04. The molecular formula is C17H25NO3. The summed E-state index contributed by atoms with van der Waals surface area (Å²) in [5.41, 5.74) is 0.783. The van der Waals surface area contributed by atoms with Crippen molar-refractivity contribution in [3.63, 3.8) is 0 Å². The molecule has 0 bridgehead atoms. The van der Waals surface area contributed by atoms with Crippen LogP contribution < -0.4 is 10.1 Å². The summed E-state index contributed by atoms with van der Waals surface area (Å²) in [6.07, 6.45) is 8.35. The van der Waals surface area contributed by atoms with E-state index >= 15 is 0 Å². The molecule has 4 nitrogen and oxygen atoms in total. The molecule has 116 valence electrons. The molecule has 1 atom stereocenters. The predicted octanol–water partition coefficient (Wildman–Crippen LogP) is 3.52. The average molecular weight is 291 g/mol. The van der Waals surface area contributed by atoms with Gasteiger partial charge in [0.2, 0.25) is 0 Å². The first-order valence-corrected chi connectivity index (χ1v) is 7.83. The van der Waals surface area contributed by atoms with Crippen LogP contribution in [-0.4, -0.2) is 24.2 Å². The normalized spacial score (nSPS) is 18.5. The van der Waals surface area contributed by atoms with Crippen LogP contribution in [0.25, 0.3) is 0 Å². The molecule has 1 aromatic rings. The molecule has 0 aromatic heterocycles. The van der Waals surface area contributed by atoms with Crippen molar-refractivity contribution in [3.05, 3.63) is 29.8 Å². The smallest absolute Gasteiger partial charge is 0.325 e. The lowest BCUT2D eigenvalue weighted by Crippen LogP contribution is -2.37. The first-order chi connectivity index (χ1) is 10.2.